The molecule has 25 heavy (non-hydrogen) atoms. The predicted octanol–water partition coefficient (Wildman–Crippen LogP) is 3.25. The van der Waals surface area contributed by atoms with Crippen molar-refractivity contribution in [3.05, 3.63) is 29.8 Å². The number of aliphatic hydroxyl groups is 1. The summed E-state index contributed by atoms with van der Waals surface area (Å²) in [7, 11) is 0. The van der Waals surface area contributed by atoms with Crippen LogP contribution < -0.4 is 0 Å². The summed E-state index contributed by atoms with van der Waals surface area (Å²) in [4.78, 5) is 21.8. The molecule has 2 fully saturated rings. The fraction of sp³-hybridized carbons (Fsp3) is 0.579. The third kappa shape index (κ3) is 2.82. The minimum Gasteiger partial charge on any atom is -0.390 e. The van der Waals surface area contributed by atoms with Crippen molar-refractivity contribution in [2.75, 3.05) is 6.54 Å². The van der Waals surface area contributed by atoms with Gasteiger partial charge in [0.05, 0.1) is 28.5 Å². The molecule has 134 valence electrons. The number of imidazole rings is 1. The molecule has 2 heterocycles. The number of benzene rings is 1. The van der Waals surface area contributed by atoms with E-state index in [1.807, 2.05) is 6.92 Å². The largest absolute Gasteiger partial charge is 0.390 e. The second kappa shape index (κ2) is 6.09. The molecule has 0 bridgehead atoms. The van der Waals surface area contributed by atoms with Crippen LogP contribution in [0.1, 0.15) is 55.8 Å². The number of hydrogen-bond acceptors (Lipinski definition) is 3. The van der Waals surface area contributed by atoms with E-state index in [4.69, 9.17) is 0 Å². The molecule has 5 nitrogen and oxygen atoms in total. The third-order valence-electron chi connectivity index (χ3n) is 6.01. The van der Waals surface area contributed by atoms with Crippen LogP contribution in [-0.2, 0) is 0 Å². The van der Waals surface area contributed by atoms with E-state index in [0.29, 0.717) is 17.6 Å². The van der Waals surface area contributed by atoms with E-state index in [-0.39, 0.29) is 23.4 Å². The number of carbonyl (C=O) groups excluding carboxylic acids is 1. The van der Waals surface area contributed by atoms with Gasteiger partial charge in [-0.15, -0.1) is 0 Å². The van der Waals surface area contributed by atoms with Gasteiger partial charge in [0.2, 0.25) is 0 Å². The first kappa shape index (κ1) is 16.5. The zero-order valence-corrected chi connectivity index (χ0v) is 14.5. The summed E-state index contributed by atoms with van der Waals surface area (Å²) in [5.41, 5.74) is 0.491. The molecule has 1 aromatic heterocycles. The van der Waals surface area contributed by atoms with Crippen LogP contribution in [0.15, 0.2) is 18.5 Å². The van der Waals surface area contributed by atoms with Crippen LogP contribution >= 0.6 is 0 Å². The Morgan fingerprint density at radius 3 is 3.00 bits per heavy atom. The summed E-state index contributed by atoms with van der Waals surface area (Å²) in [6, 6.07) is 2.84. The Bertz CT molecular complexity index is 801. The molecule has 0 spiro atoms. The number of amides is 1. The van der Waals surface area contributed by atoms with E-state index in [1.54, 1.807) is 4.90 Å². The number of likely N-dealkylation sites (tertiary alicyclic amines) is 1. The van der Waals surface area contributed by atoms with Gasteiger partial charge in [0.25, 0.3) is 5.91 Å². The SMILES string of the molecule is CC1(O)CCCCC1C1CCCN1C(=O)c1cc2nc[nH]c2cc1F. The molecule has 2 N–H and O–H groups in total. The second-order valence-electron chi connectivity index (χ2n) is 7.67. The molecule has 1 saturated heterocycles. The quantitative estimate of drug-likeness (QED) is 0.878. The molecule has 1 saturated carbocycles. The van der Waals surface area contributed by atoms with Gasteiger partial charge in [-0.2, -0.15) is 0 Å². The topological polar surface area (TPSA) is 69.2 Å². The maximum absolute atomic E-state index is 14.5. The first-order valence-corrected chi connectivity index (χ1v) is 9.13. The van der Waals surface area contributed by atoms with Crippen LogP contribution in [0.3, 0.4) is 0 Å². The lowest BCUT2D eigenvalue weighted by atomic mass is 9.72. The Labute approximate surface area is 146 Å². The highest BCUT2D eigenvalue weighted by Gasteiger charge is 2.45. The van der Waals surface area contributed by atoms with E-state index in [2.05, 4.69) is 9.97 Å². The fourth-order valence-corrected chi connectivity index (χ4v) is 4.69. The molecule has 0 radical (unpaired) electrons. The number of carbonyl (C=O) groups is 1. The van der Waals surface area contributed by atoms with E-state index in [9.17, 15) is 14.3 Å². The highest BCUT2D eigenvalue weighted by Crippen LogP contribution is 2.41. The van der Waals surface area contributed by atoms with Crippen LogP contribution in [0.5, 0.6) is 0 Å². The second-order valence-corrected chi connectivity index (χ2v) is 7.67. The highest BCUT2D eigenvalue weighted by molar-refractivity contribution is 5.98. The maximum atomic E-state index is 14.5. The Hall–Kier alpha value is -1.95. The monoisotopic (exact) mass is 345 g/mol. The molecule has 2 aromatic rings. The van der Waals surface area contributed by atoms with Gasteiger partial charge in [0, 0.05) is 24.6 Å². The maximum Gasteiger partial charge on any atom is 0.257 e. The van der Waals surface area contributed by atoms with Gasteiger partial charge in [-0.1, -0.05) is 12.8 Å². The molecular weight excluding hydrogens is 321 g/mol. The molecule has 1 aromatic carbocycles. The summed E-state index contributed by atoms with van der Waals surface area (Å²) in [5, 5.41) is 10.8. The Morgan fingerprint density at radius 1 is 1.36 bits per heavy atom. The third-order valence-corrected chi connectivity index (χ3v) is 6.01. The van der Waals surface area contributed by atoms with Crippen molar-refractivity contribution in [2.24, 2.45) is 5.92 Å². The number of aromatic amines is 1. The molecular formula is C19H24FN3O2. The molecule has 1 amide bonds. The molecule has 1 aliphatic carbocycles. The van der Waals surface area contributed by atoms with Crippen molar-refractivity contribution in [3.8, 4) is 0 Å². The molecule has 1 aliphatic heterocycles. The fourth-order valence-electron chi connectivity index (χ4n) is 4.69. The van der Waals surface area contributed by atoms with Gasteiger partial charge in [-0.3, -0.25) is 4.79 Å². The highest BCUT2D eigenvalue weighted by atomic mass is 19.1. The van der Waals surface area contributed by atoms with Crippen LogP contribution in [0, 0.1) is 11.7 Å². The van der Waals surface area contributed by atoms with Crippen molar-refractivity contribution in [1.82, 2.24) is 14.9 Å². The normalized spacial score (nSPS) is 30.1. The predicted molar refractivity (Wildman–Crippen MR) is 92.7 cm³/mol. The van der Waals surface area contributed by atoms with Gasteiger partial charge in [0.1, 0.15) is 5.82 Å². The first-order chi connectivity index (χ1) is 12.0. The van der Waals surface area contributed by atoms with Gasteiger partial charge in [-0.05, 0) is 38.7 Å². The first-order valence-electron chi connectivity index (χ1n) is 9.13. The van der Waals surface area contributed by atoms with E-state index in [1.165, 1.54) is 18.5 Å². The molecule has 6 heteroatoms. The number of nitrogens with zero attached hydrogens (tertiary/aromatic N) is 2. The molecule has 3 atom stereocenters. The number of hydrogen-bond donors (Lipinski definition) is 2. The molecule has 3 unspecified atom stereocenters. The minimum absolute atomic E-state index is 0.0166. The van der Waals surface area contributed by atoms with Gasteiger partial charge in [-0.25, -0.2) is 9.37 Å². The Balaban J connectivity index is 1.64. The minimum atomic E-state index is -0.753. The number of rotatable bonds is 2. The summed E-state index contributed by atoms with van der Waals surface area (Å²) >= 11 is 0. The van der Waals surface area contributed by atoms with Crippen molar-refractivity contribution in [3.63, 3.8) is 0 Å². The number of halogens is 1. The lowest BCUT2D eigenvalue weighted by Crippen LogP contribution is -2.50. The zero-order chi connectivity index (χ0) is 17.6. The van der Waals surface area contributed by atoms with Crippen molar-refractivity contribution >= 4 is 16.9 Å². The summed E-state index contributed by atoms with van der Waals surface area (Å²) in [5.74, 6) is -0.751. The summed E-state index contributed by atoms with van der Waals surface area (Å²) < 4.78 is 14.5. The van der Waals surface area contributed by atoms with E-state index in [0.717, 1.165) is 38.5 Å². The van der Waals surface area contributed by atoms with Crippen LogP contribution in [0.4, 0.5) is 4.39 Å². The van der Waals surface area contributed by atoms with Gasteiger partial charge >= 0.3 is 0 Å². The lowest BCUT2D eigenvalue weighted by Gasteiger charge is -2.43. The smallest absolute Gasteiger partial charge is 0.257 e. The van der Waals surface area contributed by atoms with Gasteiger partial charge in [0.15, 0.2) is 0 Å². The summed E-state index contributed by atoms with van der Waals surface area (Å²) in [6.07, 6.45) is 7.05. The standard InChI is InChI=1S/C19H24FN3O2/c1-19(25)7-3-2-5-13(19)17-6-4-8-23(17)18(24)12-9-15-16(10-14(12)20)22-11-21-15/h9-11,13,17,25H,2-8H2,1H3,(H,21,22). The number of nitrogens with one attached hydrogen (secondary N) is 1. The van der Waals surface area contributed by atoms with Crippen molar-refractivity contribution in [1.29, 1.82) is 0 Å². The summed E-state index contributed by atoms with van der Waals surface area (Å²) in [6.45, 7) is 2.50. The van der Waals surface area contributed by atoms with Crippen LogP contribution in [0.2, 0.25) is 0 Å². The zero-order valence-electron chi connectivity index (χ0n) is 14.5. The van der Waals surface area contributed by atoms with Crippen LogP contribution in [0.25, 0.3) is 11.0 Å². The van der Waals surface area contributed by atoms with Gasteiger partial charge < -0.3 is 15.0 Å². The Kier molecular flexibility index (Phi) is 4.02. The van der Waals surface area contributed by atoms with E-state index >= 15 is 0 Å². The lowest BCUT2D eigenvalue weighted by molar-refractivity contribution is -0.0578. The Morgan fingerprint density at radius 2 is 2.20 bits per heavy atom. The van der Waals surface area contributed by atoms with E-state index < -0.39 is 11.4 Å². The number of fused-ring (bicyclic) bond motifs is 1. The van der Waals surface area contributed by atoms with Crippen LogP contribution in [-0.4, -0.2) is 44.1 Å². The van der Waals surface area contributed by atoms with Crippen molar-refractivity contribution < 1.29 is 14.3 Å². The average Bonchev–Trinajstić information content (AvgIpc) is 3.21. The molecule has 2 aliphatic rings. The number of H-pyrrole nitrogens is 1. The van der Waals surface area contributed by atoms with Crippen molar-refractivity contribution in [2.45, 2.75) is 57.1 Å². The molecule has 4 rings (SSSR count). The number of aromatic nitrogens is 2. The average molecular weight is 345 g/mol.